The second-order valence-corrected chi connectivity index (χ2v) is 9.82. The number of aryl methyl sites for hydroxylation is 1. The number of carbonyl (C=O) groups excluding carboxylic acids is 1. The SMILES string of the molecule is Cc1ccc(S(=O)(=O)N[C@H](Cc2ccccc2)C(=O)Nc2ccc(Oc3ccccc3)cc2)cc1. The molecule has 0 heterocycles. The zero-order valence-corrected chi connectivity index (χ0v) is 20.0. The van der Waals surface area contributed by atoms with Crippen LogP contribution in [0, 0.1) is 6.92 Å². The first-order valence-corrected chi connectivity index (χ1v) is 12.6. The number of carbonyl (C=O) groups is 1. The van der Waals surface area contributed by atoms with Crippen molar-refractivity contribution in [2.24, 2.45) is 0 Å². The number of hydrogen-bond donors (Lipinski definition) is 2. The average Bonchev–Trinajstić information content (AvgIpc) is 2.86. The number of anilines is 1. The minimum absolute atomic E-state index is 0.108. The maximum atomic E-state index is 13.2. The van der Waals surface area contributed by atoms with Crippen molar-refractivity contribution in [3.05, 3.63) is 120 Å². The Hall–Kier alpha value is -3.94. The highest BCUT2D eigenvalue weighted by Crippen LogP contribution is 2.23. The van der Waals surface area contributed by atoms with E-state index >= 15 is 0 Å². The lowest BCUT2D eigenvalue weighted by Gasteiger charge is -2.19. The summed E-state index contributed by atoms with van der Waals surface area (Å²) in [5.74, 6) is 0.870. The summed E-state index contributed by atoms with van der Waals surface area (Å²) < 4.78 is 34.4. The molecule has 0 saturated carbocycles. The molecule has 1 amide bonds. The van der Waals surface area contributed by atoms with Crippen LogP contribution < -0.4 is 14.8 Å². The first kappa shape index (κ1) is 24.2. The zero-order chi connectivity index (χ0) is 24.7. The first-order chi connectivity index (χ1) is 16.9. The van der Waals surface area contributed by atoms with Crippen LogP contribution in [0.3, 0.4) is 0 Å². The normalized spacial score (nSPS) is 12.0. The van der Waals surface area contributed by atoms with Gasteiger partial charge in [0.2, 0.25) is 15.9 Å². The van der Waals surface area contributed by atoms with Crippen molar-refractivity contribution < 1.29 is 17.9 Å². The van der Waals surface area contributed by atoms with E-state index in [2.05, 4.69) is 10.0 Å². The lowest BCUT2D eigenvalue weighted by atomic mass is 10.1. The van der Waals surface area contributed by atoms with Gasteiger partial charge in [0.15, 0.2) is 0 Å². The summed E-state index contributed by atoms with van der Waals surface area (Å²) in [5, 5.41) is 2.82. The Balaban J connectivity index is 1.50. The second-order valence-electron chi connectivity index (χ2n) is 8.11. The number of sulfonamides is 1. The van der Waals surface area contributed by atoms with Gasteiger partial charge < -0.3 is 10.1 Å². The summed E-state index contributed by atoms with van der Waals surface area (Å²) >= 11 is 0. The molecule has 35 heavy (non-hydrogen) atoms. The lowest BCUT2D eigenvalue weighted by Crippen LogP contribution is -2.45. The highest BCUT2D eigenvalue weighted by atomic mass is 32.2. The van der Waals surface area contributed by atoms with Gasteiger partial charge in [-0.15, -0.1) is 0 Å². The molecule has 0 unspecified atom stereocenters. The summed E-state index contributed by atoms with van der Waals surface area (Å²) in [6, 6.07) is 31.1. The first-order valence-electron chi connectivity index (χ1n) is 11.2. The maximum Gasteiger partial charge on any atom is 0.242 e. The quantitative estimate of drug-likeness (QED) is 0.336. The number of benzene rings is 4. The molecule has 178 valence electrons. The Kier molecular flexibility index (Phi) is 7.60. The lowest BCUT2D eigenvalue weighted by molar-refractivity contribution is -0.117. The van der Waals surface area contributed by atoms with E-state index in [9.17, 15) is 13.2 Å². The third-order valence-electron chi connectivity index (χ3n) is 5.33. The highest BCUT2D eigenvalue weighted by molar-refractivity contribution is 7.89. The van der Waals surface area contributed by atoms with Gasteiger partial charge in [-0.1, -0.05) is 66.2 Å². The molecule has 0 aliphatic rings. The Morgan fingerprint density at radius 3 is 1.97 bits per heavy atom. The van der Waals surface area contributed by atoms with Gasteiger partial charge in [0.25, 0.3) is 0 Å². The van der Waals surface area contributed by atoms with Crippen molar-refractivity contribution in [2.75, 3.05) is 5.32 Å². The highest BCUT2D eigenvalue weighted by Gasteiger charge is 2.26. The minimum Gasteiger partial charge on any atom is -0.457 e. The molecule has 0 aliphatic carbocycles. The number of hydrogen-bond acceptors (Lipinski definition) is 4. The van der Waals surface area contributed by atoms with E-state index < -0.39 is 22.0 Å². The van der Waals surface area contributed by atoms with Gasteiger partial charge in [0, 0.05) is 5.69 Å². The van der Waals surface area contributed by atoms with Gasteiger partial charge in [-0.25, -0.2) is 8.42 Å². The van der Waals surface area contributed by atoms with Crippen molar-refractivity contribution in [3.63, 3.8) is 0 Å². The fraction of sp³-hybridized carbons (Fsp3) is 0.107. The zero-order valence-electron chi connectivity index (χ0n) is 19.2. The molecule has 0 radical (unpaired) electrons. The largest absolute Gasteiger partial charge is 0.457 e. The fourth-order valence-corrected chi connectivity index (χ4v) is 4.67. The van der Waals surface area contributed by atoms with E-state index in [1.54, 1.807) is 36.4 Å². The van der Waals surface area contributed by atoms with Crippen molar-refractivity contribution in [1.29, 1.82) is 0 Å². The summed E-state index contributed by atoms with van der Waals surface area (Å²) in [6.07, 6.45) is 0.201. The van der Waals surface area contributed by atoms with Gasteiger partial charge in [0.1, 0.15) is 17.5 Å². The Morgan fingerprint density at radius 1 is 0.771 bits per heavy atom. The average molecular weight is 487 g/mol. The van der Waals surface area contributed by atoms with E-state index in [0.717, 1.165) is 11.1 Å². The summed E-state index contributed by atoms with van der Waals surface area (Å²) in [4.78, 5) is 13.3. The Labute approximate surface area is 205 Å². The topological polar surface area (TPSA) is 84.5 Å². The predicted octanol–water partition coefficient (Wildman–Crippen LogP) is 5.32. The molecule has 0 aliphatic heterocycles. The molecule has 4 aromatic carbocycles. The number of nitrogens with one attached hydrogen (secondary N) is 2. The van der Waals surface area contributed by atoms with Crippen LogP contribution in [0.1, 0.15) is 11.1 Å². The summed E-state index contributed by atoms with van der Waals surface area (Å²) in [6.45, 7) is 1.88. The number of amides is 1. The van der Waals surface area contributed by atoms with Gasteiger partial charge in [-0.3, -0.25) is 4.79 Å². The van der Waals surface area contributed by atoms with Crippen LogP contribution in [0.4, 0.5) is 5.69 Å². The van der Waals surface area contributed by atoms with Gasteiger partial charge >= 0.3 is 0 Å². The smallest absolute Gasteiger partial charge is 0.242 e. The minimum atomic E-state index is -3.91. The van der Waals surface area contributed by atoms with Gasteiger partial charge in [-0.2, -0.15) is 4.72 Å². The van der Waals surface area contributed by atoms with E-state index in [1.807, 2.05) is 67.6 Å². The van der Waals surface area contributed by atoms with E-state index in [4.69, 9.17) is 4.74 Å². The molecule has 6 nitrogen and oxygen atoms in total. The fourth-order valence-electron chi connectivity index (χ4n) is 3.47. The van der Waals surface area contributed by atoms with Gasteiger partial charge in [-0.05, 0) is 67.4 Å². The van der Waals surface area contributed by atoms with Crippen LogP contribution in [0.2, 0.25) is 0 Å². The molecule has 2 N–H and O–H groups in total. The standard InChI is InChI=1S/C28H26N2O4S/c1-21-12-18-26(19-13-21)35(32,33)30-27(20-22-8-4-2-5-9-22)28(31)29-23-14-16-25(17-15-23)34-24-10-6-3-7-11-24/h2-19,27,30H,20H2,1H3,(H,29,31)/t27-/m1/s1. The molecule has 0 spiro atoms. The third kappa shape index (κ3) is 6.79. The molecule has 0 saturated heterocycles. The van der Waals surface area contributed by atoms with Crippen LogP contribution in [0.15, 0.2) is 114 Å². The molecule has 0 aromatic heterocycles. The van der Waals surface area contributed by atoms with Crippen molar-refractivity contribution in [3.8, 4) is 11.5 Å². The van der Waals surface area contributed by atoms with Crippen molar-refractivity contribution in [1.82, 2.24) is 4.72 Å². The summed E-state index contributed by atoms with van der Waals surface area (Å²) in [7, 11) is -3.91. The van der Waals surface area contributed by atoms with Crippen LogP contribution in [-0.2, 0) is 21.2 Å². The van der Waals surface area contributed by atoms with E-state index in [1.165, 1.54) is 12.1 Å². The van der Waals surface area contributed by atoms with E-state index in [0.29, 0.717) is 17.2 Å². The molecule has 0 fully saturated rings. The van der Waals surface area contributed by atoms with Crippen LogP contribution in [0.5, 0.6) is 11.5 Å². The van der Waals surface area contributed by atoms with Crippen LogP contribution in [-0.4, -0.2) is 20.4 Å². The Morgan fingerprint density at radius 2 is 1.34 bits per heavy atom. The molecular formula is C28H26N2O4S. The number of para-hydroxylation sites is 1. The van der Waals surface area contributed by atoms with E-state index in [-0.39, 0.29) is 11.3 Å². The molecule has 4 rings (SSSR count). The second kappa shape index (κ2) is 11.0. The van der Waals surface area contributed by atoms with Crippen molar-refractivity contribution in [2.45, 2.75) is 24.3 Å². The summed E-state index contributed by atoms with van der Waals surface area (Å²) in [5.41, 5.74) is 2.32. The molecule has 1 atom stereocenters. The van der Waals surface area contributed by atoms with Crippen molar-refractivity contribution >= 4 is 21.6 Å². The number of rotatable bonds is 9. The molecule has 7 heteroatoms. The Bertz CT molecular complexity index is 1360. The van der Waals surface area contributed by atoms with Gasteiger partial charge in [0.05, 0.1) is 4.90 Å². The maximum absolute atomic E-state index is 13.2. The monoisotopic (exact) mass is 486 g/mol. The molecule has 4 aromatic rings. The molecular weight excluding hydrogens is 460 g/mol. The van der Waals surface area contributed by atoms with Crippen LogP contribution in [0.25, 0.3) is 0 Å². The van der Waals surface area contributed by atoms with Crippen LogP contribution >= 0.6 is 0 Å². The molecule has 0 bridgehead atoms. The predicted molar refractivity (Wildman–Crippen MR) is 137 cm³/mol. The third-order valence-corrected chi connectivity index (χ3v) is 6.82. The number of ether oxygens (including phenoxy) is 1.